The van der Waals surface area contributed by atoms with Crippen molar-refractivity contribution in [2.45, 2.75) is 65.1 Å². The number of rotatable bonds is 12. The maximum Gasteiger partial charge on any atom is 0.107 e. The van der Waals surface area contributed by atoms with Gasteiger partial charge in [0, 0.05) is 0 Å². The lowest BCUT2D eigenvalue weighted by molar-refractivity contribution is 0.124. The monoisotopic (exact) mass is 380 g/mol. The zero-order chi connectivity index (χ0) is 19.4. The minimum absolute atomic E-state index is 0.706. The number of hydrogen-bond acceptors (Lipinski definition) is 1. The van der Waals surface area contributed by atoms with Crippen molar-refractivity contribution in [2.24, 2.45) is 0 Å². The van der Waals surface area contributed by atoms with E-state index in [1.165, 1.54) is 42.9 Å². The Morgan fingerprint density at radius 2 is 1.56 bits per heavy atom. The number of hydrogen-bond donors (Lipinski definition) is 0. The van der Waals surface area contributed by atoms with Crippen molar-refractivity contribution < 1.29 is 4.74 Å². The second-order valence-corrected chi connectivity index (χ2v) is 12.3. The van der Waals surface area contributed by atoms with Crippen molar-refractivity contribution in [3.63, 3.8) is 0 Å². The van der Waals surface area contributed by atoms with Gasteiger partial charge in [0.05, 0.1) is 13.2 Å². The van der Waals surface area contributed by atoms with Gasteiger partial charge in [0.1, 0.15) is 8.07 Å². The molecule has 0 N–H and O–H groups in total. The van der Waals surface area contributed by atoms with Gasteiger partial charge in [0.15, 0.2) is 0 Å². The van der Waals surface area contributed by atoms with Crippen LogP contribution in [0.4, 0.5) is 0 Å². The van der Waals surface area contributed by atoms with Crippen LogP contribution in [0.3, 0.4) is 0 Å². The molecule has 2 rings (SSSR count). The van der Waals surface area contributed by atoms with Gasteiger partial charge >= 0.3 is 0 Å². The number of benzene rings is 2. The smallest absolute Gasteiger partial charge is 0.107 e. The summed E-state index contributed by atoms with van der Waals surface area (Å²) < 4.78 is 6.01. The summed E-state index contributed by atoms with van der Waals surface area (Å²) in [4.78, 5) is 0. The van der Waals surface area contributed by atoms with Crippen molar-refractivity contribution >= 4 is 13.3 Å². The second kappa shape index (κ2) is 11.9. The third kappa shape index (κ3) is 7.47. The highest BCUT2D eigenvalue weighted by Crippen LogP contribution is 2.21. The first-order valence-electron chi connectivity index (χ1n) is 10.5. The van der Waals surface area contributed by atoms with Crippen LogP contribution in [0.25, 0.3) is 0 Å². The first-order chi connectivity index (χ1) is 13.1. The Kier molecular flexibility index (Phi) is 9.58. The molecule has 27 heavy (non-hydrogen) atoms. The van der Waals surface area contributed by atoms with Gasteiger partial charge < -0.3 is 4.74 Å². The molecule has 1 nitrogen and oxygen atoms in total. The predicted octanol–water partition coefficient (Wildman–Crippen LogP) is 6.64. The molecule has 0 saturated heterocycles. The zero-order valence-electron chi connectivity index (χ0n) is 17.4. The summed E-state index contributed by atoms with van der Waals surface area (Å²) in [5.41, 5.74) is 1.25. The van der Waals surface area contributed by atoms with E-state index in [0.29, 0.717) is 6.61 Å². The van der Waals surface area contributed by atoms with Crippen molar-refractivity contribution in [3.8, 4) is 0 Å². The molecule has 0 radical (unpaired) electrons. The van der Waals surface area contributed by atoms with Gasteiger partial charge in [-0.3, -0.25) is 0 Å². The molecule has 0 fully saturated rings. The number of ether oxygens (including phenoxy) is 1. The van der Waals surface area contributed by atoms with E-state index in [1.807, 2.05) is 0 Å². The number of allylic oxidation sites excluding steroid dienone is 1. The fourth-order valence-corrected chi connectivity index (χ4v) is 6.28. The lowest BCUT2D eigenvalue weighted by Gasteiger charge is -2.27. The molecule has 0 aliphatic heterocycles. The Hall–Kier alpha value is -1.64. The highest BCUT2D eigenvalue weighted by atomic mass is 28.3. The lowest BCUT2D eigenvalue weighted by Crippen LogP contribution is -2.44. The second-order valence-electron chi connectivity index (χ2n) is 7.86. The predicted molar refractivity (Wildman–Crippen MR) is 121 cm³/mol. The van der Waals surface area contributed by atoms with E-state index in [0.717, 1.165) is 13.0 Å². The Labute approximate surface area is 167 Å². The molecule has 0 heterocycles. The van der Waals surface area contributed by atoms with Crippen molar-refractivity contribution in [2.75, 3.05) is 6.61 Å². The molecular weight excluding hydrogens is 344 g/mol. The summed E-state index contributed by atoms with van der Waals surface area (Å²) in [5.74, 6) is 0. The third-order valence-corrected chi connectivity index (χ3v) is 9.21. The van der Waals surface area contributed by atoms with E-state index in [-0.39, 0.29) is 0 Å². The molecule has 0 atom stereocenters. The topological polar surface area (TPSA) is 9.23 Å². The molecule has 0 bridgehead atoms. The van der Waals surface area contributed by atoms with Crippen molar-refractivity contribution in [1.82, 2.24) is 0 Å². The minimum atomic E-state index is -1.63. The van der Waals surface area contributed by atoms with Crippen molar-refractivity contribution in [1.29, 1.82) is 0 Å². The van der Waals surface area contributed by atoms with Gasteiger partial charge in [-0.05, 0) is 24.8 Å². The first kappa shape index (κ1) is 21.7. The summed E-state index contributed by atoms with van der Waals surface area (Å²) in [5, 5.41) is 3.16. The van der Waals surface area contributed by atoms with E-state index < -0.39 is 8.07 Å². The maximum atomic E-state index is 6.01. The molecule has 0 spiro atoms. The Morgan fingerprint density at radius 1 is 0.889 bits per heavy atom. The first-order valence-corrected chi connectivity index (χ1v) is 13.5. The zero-order valence-corrected chi connectivity index (χ0v) is 18.4. The Balaban J connectivity index is 1.97. The van der Waals surface area contributed by atoms with Crippen LogP contribution in [-0.4, -0.2) is 14.7 Å². The maximum absolute atomic E-state index is 6.01. The van der Waals surface area contributed by atoms with Crippen LogP contribution in [0.1, 0.15) is 51.0 Å². The van der Waals surface area contributed by atoms with Gasteiger partial charge in [-0.1, -0.05) is 116 Å². The van der Waals surface area contributed by atoms with E-state index in [4.69, 9.17) is 4.74 Å². The van der Waals surface area contributed by atoms with E-state index in [9.17, 15) is 0 Å². The highest BCUT2D eigenvalue weighted by molar-refractivity contribution is 6.95. The quantitative estimate of drug-likeness (QED) is 0.296. The largest absolute Gasteiger partial charge is 0.376 e. The summed E-state index contributed by atoms with van der Waals surface area (Å²) in [6.07, 6.45) is 10.1. The number of unbranched alkanes of at least 4 members (excludes halogenated alkanes) is 4. The standard InChI is InChI=1S/C25H36OSi/c1-4-5-6-7-12-19-25(27(2,3)24-17-13-9-14-18-24)20-21-26-22-23-15-10-8-11-16-23/h8-11,13-19H,4-7,12,20-22H2,1-3H3/b25-19+. The Morgan fingerprint density at radius 3 is 2.22 bits per heavy atom. The van der Waals surface area contributed by atoms with E-state index in [2.05, 4.69) is 86.8 Å². The fraction of sp³-hybridized carbons (Fsp3) is 0.440. The van der Waals surface area contributed by atoms with Crippen LogP contribution in [0.15, 0.2) is 71.9 Å². The van der Waals surface area contributed by atoms with Crippen molar-refractivity contribution in [3.05, 3.63) is 77.5 Å². The molecule has 0 saturated carbocycles. The van der Waals surface area contributed by atoms with Gasteiger partial charge in [0.2, 0.25) is 0 Å². The average molecular weight is 381 g/mol. The minimum Gasteiger partial charge on any atom is -0.376 e. The molecule has 0 aliphatic carbocycles. The molecule has 2 aromatic carbocycles. The SMILES string of the molecule is CCCCCC/C=C(\CCOCc1ccccc1)[Si](C)(C)c1ccccc1. The van der Waals surface area contributed by atoms with Crippen LogP contribution in [-0.2, 0) is 11.3 Å². The molecule has 2 heteroatoms. The normalized spacial score (nSPS) is 12.3. The van der Waals surface area contributed by atoms with Gasteiger partial charge in [-0.15, -0.1) is 0 Å². The van der Waals surface area contributed by atoms with Gasteiger partial charge in [-0.25, -0.2) is 0 Å². The summed E-state index contributed by atoms with van der Waals surface area (Å²) in [7, 11) is -1.63. The average Bonchev–Trinajstić information content (AvgIpc) is 2.70. The highest BCUT2D eigenvalue weighted by Gasteiger charge is 2.27. The van der Waals surface area contributed by atoms with E-state index >= 15 is 0 Å². The van der Waals surface area contributed by atoms with E-state index in [1.54, 1.807) is 5.20 Å². The van der Waals surface area contributed by atoms with Crippen LogP contribution in [0, 0.1) is 0 Å². The fourth-order valence-electron chi connectivity index (χ4n) is 3.50. The molecule has 0 unspecified atom stereocenters. The van der Waals surface area contributed by atoms with Gasteiger partial charge in [-0.2, -0.15) is 0 Å². The third-order valence-electron chi connectivity index (χ3n) is 5.37. The Bertz CT molecular complexity index is 661. The van der Waals surface area contributed by atoms with Crippen LogP contribution in [0.2, 0.25) is 13.1 Å². The molecule has 0 aromatic heterocycles. The molecule has 0 amide bonds. The van der Waals surface area contributed by atoms with Gasteiger partial charge in [0.25, 0.3) is 0 Å². The molecule has 2 aromatic rings. The molecule has 0 aliphatic rings. The van der Waals surface area contributed by atoms with Crippen LogP contribution in [0.5, 0.6) is 0 Å². The van der Waals surface area contributed by atoms with Crippen LogP contribution < -0.4 is 5.19 Å². The van der Waals surface area contributed by atoms with Crippen LogP contribution >= 0.6 is 0 Å². The molecule has 146 valence electrons. The molecular formula is C25H36OSi. The summed E-state index contributed by atoms with van der Waals surface area (Å²) in [6.45, 7) is 8.75. The summed E-state index contributed by atoms with van der Waals surface area (Å²) >= 11 is 0. The lowest BCUT2D eigenvalue weighted by atomic mass is 10.1. The summed E-state index contributed by atoms with van der Waals surface area (Å²) in [6, 6.07) is 21.5.